The molecule has 1 rings (SSSR count). The molecule has 0 aromatic heterocycles. The summed E-state index contributed by atoms with van der Waals surface area (Å²) < 4.78 is 10.5. The molecular formula is C24H36O5. The number of rotatable bonds is 15. The van der Waals surface area contributed by atoms with Gasteiger partial charge in [0.15, 0.2) is 5.78 Å². The Morgan fingerprint density at radius 2 is 1.34 bits per heavy atom. The van der Waals surface area contributed by atoms with Crippen LogP contribution in [-0.4, -0.2) is 24.3 Å². The van der Waals surface area contributed by atoms with E-state index in [1.54, 1.807) is 24.3 Å². The second kappa shape index (κ2) is 14.8. The van der Waals surface area contributed by atoms with E-state index < -0.39 is 0 Å². The Hall–Kier alpha value is -2.17. The molecule has 1 aromatic rings. The lowest BCUT2D eigenvalue weighted by molar-refractivity contribution is -0.144. The highest BCUT2D eigenvalue weighted by atomic mass is 16.5. The molecule has 0 saturated heterocycles. The number of unbranched alkanes of at least 4 members (excludes halogenated alkanes) is 5. The summed E-state index contributed by atoms with van der Waals surface area (Å²) in [6, 6.07) is 6.60. The highest BCUT2D eigenvalue weighted by molar-refractivity contribution is 5.94. The molecule has 29 heavy (non-hydrogen) atoms. The smallest absolute Gasteiger partial charge is 0.311 e. The minimum Gasteiger partial charge on any atom is -0.466 e. The molecule has 5 nitrogen and oxygen atoms in total. The van der Waals surface area contributed by atoms with Crippen LogP contribution in [0.3, 0.4) is 0 Å². The molecule has 0 aliphatic carbocycles. The van der Waals surface area contributed by atoms with Crippen molar-refractivity contribution < 1.29 is 23.9 Å². The van der Waals surface area contributed by atoms with E-state index in [1.807, 2.05) is 0 Å². The summed E-state index contributed by atoms with van der Waals surface area (Å²) in [5.74, 6) is 0.765. The summed E-state index contributed by atoms with van der Waals surface area (Å²) >= 11 is 0. The number of ether oxygens (including phenoxy) is 2. The number of carbonyl (C=O) groups excluding carboxylic acids is 3. The fourth-order valence-electron chi connectivity index (χ4n) is 2.94. The van der Waals surface area contributed by atoms with E-state index in [-0.39, 0.29) is 17.7 Å². The van der Waals surface area contributed by atoms with Gasteiger partial charge >= 0.3 is 11.9 Å². The predicted octanol–water partition coefficient (Wildman–Crippen LogP) is 5.89. The Labute approximate surface area is 175 Å². The van der Waals surface area contributed by atoms with Gasteiger partial charge in [-0.2, -0.15) is 0 Å². The van der Waals surface area contributed by atoms with Crippen molar-refractivity contribution in [2.45, 2.75) is 85.0 Å². The van der Waals surface area contributed by atoms with Crippen LogP contribution < -0.4 is 4.74 Å². The van der Waals surface area contributed by atoms with E-state index in [4.69, 9.17) is 9.47 Å². The lowest BCUT2D eigenvalue weighted by atomic mass is 10.1. The topological polar surface area (TPSA) is 69.7 Å². The number of benzene rings is 1. The van der Waals surface area contributed by atoms with Crippen molar-refractivity contribution in [2.24, 2.45) is 5.92 Å². The van der Waals surface area contributed by atoms with Crippen molar-refractivity contribution in [3.8, 4) is 5.75 Å². The quantitative estimate of drug-likeness (QED) is 0.158. The first kappa shape index (κ1) is 24.9. The van der Waals surface area contributed by atoms with Gasteiger partial charge in [0.05, 0.1) is 6.61 Å². The highest BCUT2D eigenvalue weighted by Crippen LogP contribution is 2.15. The summed E-state index contributed by atoms with van der Waals surface area (Å²) in [6.45, 7) is 6.37. The summed E-state index contributed by atoms with van der Waals surface area (Å²) in [4.78, 5) is 34.7. The summed E-state index contributed by atoms with van der Waals surface area (Å²) in [5.41, 5.74) is 0.601. The number of hydrogen-bond acceptors (Lipinski definition) is 5. The molecule has 0 N–H and O–H groups in total. The van der Waals surface area contributed by atoms with Crippen molar-refractivity contribution >= 4 is 17.7 Å². The molecule has 0 unspecified atom stereocenters. The van der Waals surface area contributed by atoms with Gasteiger partial charge < -0.3 is 9.47 Å². The average molecular weight is 405 g/mol. The van der Waals surface area contributed by atoms with Gasteiger partial charge in [-0.25, -0.2) is 0 Å². The maximum absolute atomic E-state index is 11.8. The molecule has 0 aliphatic heterocycles. The number of carbonyl (C=O) groups is 3. The molecule has 0 bridgehead atoms. The third kappa shape index (κ3) is 12.8. The van der Waals surface area contributed by atoms with E-state index in [0.717, 1.165) is 51.4 Å². The fraction of sp³-hybridized carbons (Fsp3) is 0.625. The van der Waals surface area contributed by atoms with Crippen LogP contribution >= 0.6 is 0 Å². The van der Waals surface area contributed by atoms with E-state index >= 15 is 0 Å². The number of esters is 2. The second-order valence-electron chi connectivity index (χ2n) is 7.93. The van der Waals surface area contributed by atoms with Gasteiger partial charge in [0.1, 0.15) is 5.75 Å². The molecule has 162 valence electrons. The van der Waals surface area contributed by atoms with Crippen molar-refractivity contribution in [3.05, 3.63) is 29.8 Å². The van der Waals surface area contributed by atoms with Crippen molar-refractivity contribution in [2.75, 3.05) is 6.61 Å². The van der Waals surface area contributed by atoms with E-state index in [1.165, 1.54) is 6.92 Å². The van der Waals surface area contributed by atoms with Crippen LogP contribution in [0.25, 0.3) is 0 Å². The largest absolute Gasteiger partial charge is 0.466 e. The van der Waals surface area contributed by atoms with E-state index in [9.17, 15) is 14.4 Å². The second-order valence-corrected chi connectivity index (χ2v) is 7.93. The van der Waals surface area contributed by atoms with Crippen LogP contribution in [0.1, 0.15) is 95.3 Å². The van der Waals surface area contributed by atoms with Gasteiger partial charge in [0.25, 0.3) is 0 Å². The molecule has 0 fully saturated rings. The molecule has 0 spiro atoms. The first-order chi connectivity index (χ1) is 13.9. The Balaban J connectivity index is 1.97. The van der Waals surface area contributed by atoms with Gasteiger partial charge in [-0.15, -0.1) is 0 Å². The van der Waals surface area contributed by atoms with Crippen molar-refractivity contribution in [3.63, 3.8) is 0 Å². The lowest BCUT2D eigenvalue weighted by Gasteiger charge is -2.07. The molecule has 0 atom stereocenters. The van der Waals surface area contributed by atoms with E-state index in [2.05, 4.69) is 13.8 Å². The fourth-order valence-corrected chi connectivity index (χ4v) is 2.94. The van der Waals surface area contributed by atoms with Crippen LogP contribution in [0.15, 0.2) is 24.3 Å². The molecule has 5 heteroatoms. The summed E-state index contributed by atoms with van der Waals surface area (Å²) in [5, 5.41) is 0. The molecule has 0 heterocycles. The first-order valence-corrected chi connectivity index (χ1v) is 10.9. The zero-order valence-corrected chi connectivity index (χ0v) is 18.2. The van der Waals surface area contributed by atoms with Crippen molar-refractivity contribution in [1.29, 1.82) is 0 Å². The number of Topliss-reactive ketones (excluding diaryl/α,β-unsaturated/α-hetero) is 1. The number of ketones is 1. The standard InChI is InChI=1S/C24H36O5/c1-19(2)11-10-18-28-23(26)12-8-6-4-5-7-9-13-24(27)29-22-16-14-21(15-17-22)20(3)25/h14-17,19H,4-13,18H2,1-3H3. The summed E-state index contributed by atoms with van der Waals surface area (Å²) in [6.07, 6.45) is 8.65. The third-order valence-electron chi connectivity index (χ3n) is 4.69. The Morgan fingerprint density at radius 1 is 0.793 bits per heavy atom. The minimum atomic E-state index is -0.249. The first-order valence-electron chi connectivity index (χ1n) is 10.9. The van der Waals surface area contributed by atoms with Crippen LogP contribution in [0.4, 0.5) is 0 Å². The lowest BCUT2D eigenvalue weighted by Crippen LogP contribution is -2.07. The highest BCUT2D eigenvalue weighted by Gasteiger charge is 2.06. The third-order valence-corrected chi connectivity index (χ3v) is 4.69. The maximum atomic E-state index is 11.8. The number of hydrogen-bond donors (Lipinski definition) is 0. The van der Waals surface area contributed by atoms with Crippen LogP contribution in [0.2, 0.25) is 0 Å². The normalized spacial score (nSPS) is 10.8. The van der Waals surface area contributed by atoms with Gasteiger partial charge in [-0.1, -0.05) is 39.5 Å². The Morgan fingerprint density at radius 3 is 1.90 bits per heavy atom. The zero-order valence-electron chi connectivity index (χ0n) is 18.2. The molecule has 0 aliphatic rings. The zero-order chi connectivity index (χ0) is 21.5. The molecule has 0 saturated carbocycles. The van der Waals surface area contributed by atoms with Crippen LogP contribution in [0, 0.1) is 5.92 Å². The summed E-state index contributed by atoms with van der Waals surface area (Å²) in [7, 11) is 0. The Bertz CT molecular complexity index is 619. The predicted molar refractivity (Wildman–Crippen MR) is 114 cm³/mol. The SMILES string of the molecule is CC(=O)c1ccc(OC(=O)CCCCCCCCC(=O)OCCCC(C)C)cc1. The molecule has 0 amide bonds. The molecule has 0 radical (unpaired) electrons. The van der Waals surface area contributed by atoms with E-state index in [0.29, 0.717) is 36.7 Å². The van der Waals surface area contributed by atoms with Gasteiger partial charge in [-0.3, -0.25) is 14.4 Å². The monoisotopic (exact) mass is 404 g/mol. The maximum Gasteiger partial charge on any atom is 0.311 e. The molecule has 1 aromatic carbocycles. The van der Waals surface area contributed by atoms with Gasteiger partial charge in [0, 0.05) is 18.4 Å². The minimum absolute atomic E-state index is 0.0126. The Kier molecular flexibility index (Phi) is 12.7. The average Bonchev–Trinajstić information content (AvgIpc) is 2.67. The van der Waals surface area contributed by atoms with Crippen molar-refractivity contribution in [1.82, 2.24) is 0 Å². The molecular weight excluding hydrogens is 368 g/mol. The van der Waals surface area contributed by atoms with Gasteiger partial charge in [0.2, 0.25) is 0 Å². The van der Waals surface area contributed by atoms with Crippen LogP contribution in [0.5, 0.6) is 5.75 Å². The van der Waals surface area contributed by atoms with Gasteiger partial charge in [-0.05, 0) is 62.8 Å². The van der Waals surface area contributed by atoms with Crippen LogP contribution in [-0.2, 0) is 14.3 Å².